The lowest BCUT2D eigenvalue weighted by Gasteiger charge is -2.21. The Labute approximate surface area is 191 Å². The molecular formula is C25H25FN4O3. The summed E-state index contributed by atoms with van der Waals surface area (Å²) >= 11 is 0. The van der Waals surface area contributed by atoms with Crippen LogP contribution < -0.4 is 21.1 Å². The fourth-order valence-corrected chi connectivity index (χ4v) is 3.95. The summed E-state index contributed by atoms with van der Waals surface area (Å²) in [4.78, 5) is 26.5. The highest BCUT2D eigenvalue weighted by Crippen LogP contribution is 2.29. The van der Waals surface area contributed by atoms with Crippen molar-refractivity contribution >= 4 is 23.4 Å². The van der Waals surface area contributed by atoms with Crippen LogP contribution in [0, 0.1) is 5.82 Å². The Balaban J connectivity index is 1.47. The summed E-state index contributed by atoms with van der Waals surface area (Å²) in [5.74, 6) is 4.96. The van der Waals surface area contributed by atoms with Gasteiger partial charge in [0.25, 0.3) is 5.91 Å². The van der Waals surface area contributed by atoms with E-state index in [4.69, 9.17) is 5.84 Å². The number of anilines is 2. The van der Waals surface area contributed by atoms with Crippen molar-refractivity contribution in [2.75, 3.05) is 30.1 Å². The molecule has 4 rings (SSSR count). The Morgan fingerprint density at radius 2 is 1.79 bits per heavy atom. The van der Waals surface area contributed by atoms with Crippen LogP contribution in [-0.4, -0.2) is 38.2 Å². The van der Waals surface area contributed by atoms with E-state index in [2.05, 4.69) is 15.0 Å². The van der Waals surface area contributed by atoms with Crippen molar-refractivity contribution < 1.29 is 18.7 Å². The monoisotopic (exact) mass is 448 g/mol. The molecule has 2 amide bonds. The first kappa shape index (κ1) is 22.3. The number of nitrogens with one attached hydrogen (secondary N) is 1. The number of carbonyl (C=O) groups is 2. The highest BCUT2D eigenvalue weighted by Gasteiger charge is 2.25. The van der Waals surface area contributed by atoms with Gasteiger partial charge < -0.3 is 15.0 Å². The lowest BCUT2D eigenvalue weighted by Crippen LogP contribution is -2.38. The van der Waals surface area contributed by atoms with Gasteiger partial charge in [-0.3, -0.25) is 4.79 Å². The number of nitrogens with zero attached hydrogens (tertiary/aromatic N) is 2. The third-order valence-corrected chi connectivity index (χ3v) is 5.72. The van der Waals surface area contributed by atoms with Gasteiger partial charge in [0.05, 0.1) is 18.8 Å². The average Bonchev–Trinajstić information content (AvgIpc) is 3.32. The van der Waals surface area contributed by atoms with Crippen LogP contribution in [0.15, 0.2) is 72.8 Å². The van der Waals surface area contributed by atoms with Gasteiger partial charge in [-0.05, 0) is 42.3 Å². The molecule has 1 aliphatic rings. The van der Waals surface area contributed by atoms with Crippen molar-refractivity contribution in [3.8, 4) is 11.1 Å². The minimum atomic E-state index is -0.558. The average molecular weight is 448 g/mol. The Morgan fingerprint density at radius 3 is 2.48 bits per heavy atom. The number of rotatable bonds is 5. The molecule has 1 atom stereocenters. The van der Waals surface area contributed by atoms with Crippen LogP contribution in [-0.2, 0) is 4.74 Å². The first-order valence-corrected chi connectivity index (χ1v) is 10.6. The van der Waals surface area contributed by atoms with Gasteiger partial charge in [0.1, 0.15) is 0 Å². The topological polar surface area (TPSA) is 87.9 Å². The van der Waals surface area contributed by atoms with Crippen molar-refractivity contribution in [1.29, 1.82) is 0 Å². The summed E-state index contributed by atoms with van der Waals surface area (Å²) in [5.41, 5.74) is 2.33. The first-order chi connectivity index (χ1) is 16.0. The molecule has 1 aliphatic heterocycles. The number of halogens is 1. The molecule has 0 bridgehead atoms. The van der Waals surface area contributed by atoms with Gasteiger partial charge in [0.2, 0.25) is 0 Å². The minimum absolute atomic E-state index is 0.00157. The van der Waals surface area contributed by atoms with Gasteiger partial charge in [-0.15, -0.1) is 0 Å². The SMILES string of the molecule is COC(=O)N[C@@H]1CCN(c2ccc(C(=O)N(N)c3cccc(-c4ccccc4)c3F)cc2)C1. The number of hydrogen-bond donors (Lipinski definition) is 2. The summed E-state index contributed by atoms with van der Waals surface area (Å²) in [6, 6.07) is 20.9. The van der Waals surface area contributed by atoms with E-state index < -0.39 is 17.8 Å². The van der Waals surface area contributed by atoms with Crippen LogP contribution in [0.1, 0.15) is 16.8 Å². The van der Waals surface area contributed by atoms with E-state index >= 15 is 4.39 Å². The quantitative estimate of drug-likeness (QED) is 0.351. The number of ether oxygens (including phenoxy) is 1. The van der Waals surface area contributed by atoms with Gasteiger partial charge in [0.15, 0.2) is 5.82 Å². The second-order valence-electron chi connectivity index (χ2n) is 7.79. The molecule has 7 nitrogen and oxygen atoms in total. The summed E-state index contributed by atoms with van der Waals surface area (Å²) < 4.78 is 19.8. The zero-order valence-corrected chi connectivity index (χ0v) is 18.2. The van der Waals surface area contributed by atoms with Crippen molar-refractivity contribution in [3.63, 3.8) is 0 Å². The maximum Gasteiger partial charge on any atom is 0.407 e. The molecular weight excluding hydrogens is 423 g/mol. The summed E-state index contributed by atoms with van der Waals surface area (Å²) in [7, 11) is 1.34. The molecule has 1 fully saturated rings. The van der Waals surface area contributed by atoms with E-state index in [1.165, 1.54) is 13.2 Å². The largest absolute Gasteiger partial charge is 0.453 e. The second-order valence-corrected chi connectivity index (χ2v) is 7.79. The third-order valence-electron chi connectivity index (χ3n) is 5.72. The highest BCUT2D eigenvalue weighted by molar-refractivity contribution is 6.05. The van der Waals surface area contributed by atoms with Crippen LogP contribution in [0.3, 0.4) is 0 Å². The zero-order valence-electron chi connectivity index (χ0n) is 18.2. The molecule has 0 saturated carbocycles. The molecule has 170 valence electrons. The van der Waals surface area contributed by atoms with E-state index in [-0.39, 0.29) is 11.7 Å². The molecule has 33 heavy (non-hydrogen) atoms. The number of hydrazine groups is 1. The van der Waals surface area contributed by atoms with E-state index in [9.17, 15) is 9.59 Å². The number of benzene rings is 3. The third kappa shape index (κ3) is 4.80. The summed E-state index contributed by atoms with van der Waals surface area (Å²) in [6.45, 7) is 1.41. The van der Waals surface area contributed by atoms with E-state index in [1.54, 1.807) is 36.4 Å². The number of nitrogens with two attached hydrogens (primary N) is 1. The van der Waals surface area contributed by atoms with Gasteiger partial charge in [-0.2, -0.15) is 0 Å². The Hall–Kier alpha value is -3.91. The standard InChI is InChI=1S/C25H25FN4O3/c1-33-25(32)28-19-14-15-29(16-19)20-12-10-18(11-13-20)24(31)30(27)22-9-5-8-21(23(22)26)17-6-3-2-4-7-17/h2-13,19H,14-16,27H2,1H3,(H,28,32)/t19-/m1/s1. The molecule has 1 saturated heterocycles. The molecule has 1 heterocycles. The molecule has 8 heteroatoms. The number of methoxy groups -OCH3 is 1. The molecule has 0 radical (unpaired) electrons. The Bertz CT molecular complexity index is 1140. The van der Waals surface area contributed by atoms with E-state index in [0.29, 0.717) is 23.2 Å². The van der Waals surface area contributed by atoms with Gasteiger partial charge in [-0.1, -0.05) is 42.5 Å². The van der Waals surface area contributed by atoms with E-state index in [0.717, 1.165) is 23.7 Å². The number of alkyl carbamates (subject to hydrolysis) is 1. The lowest BCUT2D eigenvalue weighted by molar-refractivity contribution is 0.0986. The highest BCUT2D eigenvalue weighted by atomic mass is 19.1. The van der Waals surface area contributed by atoms with Crippen LogP contribution in [0.2, 0.25) is 0 Å². The fraction of sp³-hybridized carbons (Fsp3) is 0.200. The predicted octanol–water partition coefficient (Wildman–Crippen LogP) is 3.95. The second kappa shape index (κ2) is 9.70. The van der Waals surface area contributed by atoms with Crippen LogP contribution in [0.25, 0.3) is 11.1 Å². The number of amides is 2. The van der Waals surface area contributed by atoms with E-state index in [1.807, 2.05) is 30.3 Å². The Morgan fingerprint density at radius 1 is 1.06 bits per heavy atom. The van der Waals surface area contributed by atoms with Crippen molar-refractivity contribution in [3.05, 3.63) is 84.2 Å². The van der Waals surface area contributed by atoms with Crippen molar-refractivity contribution in [2.45, 2.75) is 12.5 Å². The van der Waals surface area contributed by atoms with Crippen molar-refractivity contribution in [2.24, 2.45) is 5.84 Å². The lowest BCUT2D eigenvalue weighted by atomic mass is 10.0. The van der Waals surface area contributed by atoms with Gasteiger partial charge in [0, 0.05) is 29.9 Å². The number of hydrogen-bond acceptors (Lipinski definition) is 5. The van der Waals surface area contributed by atoms with Crippen molar-refractivity contribution in [1.82, 2.24) is 5.32 Å². The number of carbonyl (C=O) groups excluding carboxylic acids is 2. The molecule has 0 spiro atoms. The normalized spacial score (nSPS) is 15.2. The molecule has 3 N–H and O–H groups in total. The molecule has 3 aromatic carbocycles. The predicted molar refractivity (Wildman–Crippen MR) is 125 cm³/mol. The van der Waals surface area contributed by atoms with Crippen LogP contribution in [0.4, 0.5) is 20.6 Å². The first-order valence-electron chi connectivity index (χ1n) is 10.6. The zero-order chi connectivity index (χ0) is 23.4. The summed E-state index contributed by atoms with van der Waals surface area (Å²) in [5, 5.41) is 3.63. The van der Waals surface area contributed by atoms with Crippen LogP contribution in [0.5, 0.6) is 0 Å². The Kier molecular flexibility index (Phi) is 6.55. The maximum atomic E-state index is 15.2. The molecule has 3 aromatic rings. The maximum absolute atomic E-state index is 15.2. The van der Waals surface area contributed by atoms with Gasteiger partial charge >= 0.3 is 6.09 Å². The molecule has 0 aliphatic carbocycles. The van der Waals surface area contributed by atoms with Crippen LogP contribution >= 0.6 is 0 Å². The smallest absolute Gasteiger partial charge is 0.407 e. The minimum Gasteiger partial charge on any atom is -0.453 e. The fourth-order valence-electron chi connectivity index (χ4n) is 3.95. The van der Waals surface area contributed by atoms with Gasteiger partial charge in [-0.25, -0.2) is 20.0 Å². The molecule has 0 aromatic heterocycles. The summed E-state index contributed by atoms with van der Waals surface area (Å²) in [6.07, 6.45) is 0.345. The molecule has 0 unspecified atom stereocenters.